The van der Waals surface area contributed by atoms with E-state index in [9.17, 15) is 0 Å². The van der Waals surface area contributed by atoms with Gasteiger partial charge in [-0.15, -0.1) is 0 Å². The zero-order chi connectivity index (χ0) is 9.72. The molecule has 0 rings (SSSR count). The Bertz CT molecular complexity index is 104. The molecule has 0 bridgehead atoms. The summed E-state index contributed by atoms with van der Waals surface area (Å²) in [7, 11) is 0. The normalized spacial score (nSPS) is 21.5. The maximum atomic E-state index is 9.12. The van der Waals surface area contributed by atoms with Crippen molar-refractivity contribution in [2.45, 2.75) is 37.8 Å². The van der Waals surface area contributed by atoms with Crippen molar-refractivity contribution in [2.24, 2.45) is 0 Å². The van der Waals surface area contributed by atoms with Gasteiger partial charge in [-0.1, -0.05) is 6.92 Å². The van der Waals surface area contributed by atoms with Crippen LogP contribution in [-0.2, 0) is 0 Å². The zero-order valence-corrected chi connectivity index (χ0v) is 6.96. The molecule has 0 aliphatic carbocycles. The van der Waals surface area contributed by atoms with Gasteiger partial charge in [-0.2, -0.15) is 0 Å². The highest BCUT2D eigenvalue weighted by molar-refractivity contribution is 4.79. The average molecular weight is 180 g/mol. The van der Waals surface area contributed by atoms with E-state index in [1.165, 1.54) is 0 Å². The van der Waals surface area contributed by atoms with Crippen LogP contribution in [0.3, 0.4) is 0 Å². The van der Waals surface area contributed by atoms with Crippen LogP contribution in [0.15, 0.2) is 0 Å². The lowest BCUT2D eigenvalue weighted by Gasteiger charge is -2.24. The van der Waals surface area contributed by atoms with Gasteiger partial charge in [0.05, 0.1) is 12.7 Å². The average Bonchev–Trinajstić information content (AvgIpc) is 2.12. The third-order valence-corrected chi connectivity index (χ3v) is 1.74. The number of hydrogen-bond donors (Lipinski definition) is 5. The molecule has 5 N–H and O–H groups in total. The fraction of sp³-hybridized carbons (Fsp3) is 1.00. The van der Waals surface area contributed by atoms with Crippen molar-refractivity contribution in [1.82, 2.24) is 0 Å². The molecule has 5 nitrogen and oxygen atoms in total. The summed E-state index contributed by atoms with van der Waals surface area (Å²) in [5.41, 5.74) is 0. The highest BCUT2D eigenvalue weighted by Crippen LogP contribution is 2.06. The molecule has 0 aromatic heterocycles. The van der Waals surface area contributed by atoms with E-state index in [4.69, 9.17) is 25.5 Å². The van der Waals surface area contributed by atoms with Gasteiger partial charge in [0.2, 0.25) is 0 Å². The molecule has 0 aromatic carbocycles. The largest absolute Gasteiger partial charge is 0.394 e. The van der Waals surface area contributed by atoms with Crippen LogP contribution >= 0.6 is 0 Å². The predicted octanol–water partition coefficient (Wildman–Crippen LogP) is -2.17. The van der Waals surface area contributed by atoms with Crippen molar-refractivity contribution in [2.75, 3.05) is 6.61 Å². The van der Waals surface area contributed by atoms with Crippen molar-refractivity contribution in [1.29, 1.82) is 0 Å². The molecule has 0 fully saturated rings. The van der Waals surface area contributed by atoms with Crippen LogP contribution in [0.5, 0.6) is 0 Å². The van der Waals surface area contributed by atoms with Crippen molar-refractivity contribution in [3.63, 3.8) is 0 Å². The molecule has 5 heteroatoms. The second kappa shape index (κ2) is 5.45. The van der Waals surface area contributed by atoms with Crippen LogP contribution in [0.4, 0.5) is 0 Å². The van der Waals surface area contributed by atoms with Gasteiger partial charge in [-0.3, -0.25) is 0 Å². The van der Waals surface area contributed by atoms with E-state index in [2.05, 4.69) is 0 Å². The first-order valence-corrected chi connectivity index (χ1v) is 3.87. The van der Waals surface area contributed by atoms with Crippen LogP contribution in [0.25, 0.3) is 0 Å². The Morgan fingerprint density at radius 1 is 0.917 bits per heavy atom. The molecule has 12 heavy (non-hydrogen) atoms. The quantitative estimate of drug-likeness (QED) is 0.331. The molecule has 0 unspecified atom stereocenters. The Morgan fingerprint density at radius 3 is 1.67 bits per heavy atom. The van der Waals surface area contributed by atoms with Gasteiger partial charge in [0, 0.05) is 0 Å². The predicted molar refractivity (Wildman–Crippen MR) is 41.4 cm³/mol. The van der Waals surface area contributed by atoms with Gasteiger partial charge >= 0.3 is 0 Å². The molecule has 0 aromatic rings. The van der Waals surface area contributed by atoms with Crippen LogP contribution in [0, 0.1) is 0 Å². The lowest BCUT2D eigenvalue weighted by atomic mass is 10.0. The van der Waals surface area contributed by atoms with E-state index >= 15 is 0 Å². The summed E-state index contributed by atoms with van der Waals surface area (Å²) >= 11 is 0. The number of rotatable bonds is 5. The number of aliphatic hydroxyl groups is 5. The zero-order valence-electron chi connectivity index (χ0n) is 6.96. The van der Waals surface area contributed by atoms with E-state index in [-0.39, 0.29) is 6.42 Å². The fourth-order valence-corrected chi connectivity index (χ4v) is 0.805. The molecule has 0 amide bonds. The highest BCUT2D eigenvalue weighted by atomic mass is 16.4. The third-order valence-electron chi connectivity index (χ3n) is 1.74. The minimum atomic E-state index is -1.51. The minimum absolute atomic E-state index is 0.274. The van der Waals surface area contributed by atoms with Crippen molar-refractivity contribution in [3.05, 3.63) is 0 Å². The SMILES string of the molecule is CC[C@H](O)[C@@H](O)[C@H](O)[C@H](O)CO. The summed E-state index contributed by atoms with van der Waals surface area (Å²) < 4.78 is 0. The van der Waals surface area contributed by atoms with Crippen LogP contribution in [-0.4, -0.2) is 56.6 Å². The first-order valence-electron chi connectivity index (χ1n) is 3.87. The van der Waals surface area contributed by atoms with Gasteiger partial charge in [0.25, 0.3) is 0 Å². The lowest BCUT2D eigenvalue weighted by Crippen LogP contribution is -2.45. The number of aliphatic hydroxyl groups excluding tert-OH is 5. The standard InChI is InChI=1S/C7H16O5/c1-2-4(9)6(11)7(12)5(10)3-8/h4-12H,2-3H2,1H3/t4-,5+,6+,7+/m0/s1. The van der Waals surface area contributed by atoms with Crippen molar-refractivity contribution < 1.29 is 25.5 Å². The molecule has 0 aliphatic rings. The van der Waals surface area contributed by atoms with Gasteiger partial charge in [-0.05, 0) is 6.42 Å². The summed E-state index contributed by atoms with van der Waals surface area (Å²) in [6.45, 7) is 0.987. The van der Waals surface area contributed by atoms with Crippen LogP contribution in [0.1, 0.15) is 13.3 Å². The molecule has 0 radical (unpaired) electrons. The molecule has 0 heterocycles. The Morgan fingerprint density at radius 2 is 1.33 bits per heavy atom. The van der Waals surface area contributed by atoms with Gasteiger partial charge < -0.3 is 25.5 Å². The van der Waals surface area contributed by atoms with E-state index in [1.807, 2.05) is 0 Å². The smallest absolute Gasteiger partial charge is 0.110 e. The third kappa shape index (κ3) is 3.04. The first kappa shape index (κ1) is 11.8. The van der Waals surface area contributed by atoms with E-state index in [0.29, 0.717) is 0 Å². The number of hydrogen-bond acceptors (Lipinski definition) is 5. The Labute approximate surface area is 70.9 Å². The summed E-state index contributed by atoms with van der Waals surface area (Å²) in [5, 5.41) is 44.5. The van der Waals surface area contributed by atoms with Crippen LogP contribution in [0.2, 0.25) is 0 Å². The molecule has 0 saturated heterocycles. The summed E-state index contributed by atoms with van der Waals surface area (Å²) in [6, 6.07) is 0. The molecular weight excluding hydrogens is 164 g/mol. The molecule has 74 valence electrons. The topological polar surface area (TPSA) is 101 Å². The van der Waals surface area contributed by atoms with Gasteiger partial charge in [0.1, 0.15) is 18.3 Å². The van der Waals surface area contributed by atoms with Crippen LogP contribution < -0.4 is 0 Å². The molecular formula is C7H16O5. The minimum Gasteiger partial charge on any atom is -0.394 e. The lowest BCUT2D eigenvalue weighted by molar-refractivity contribution is -0.115. The molecule has 0 spiro atoms. The van der Waals surface area contributed by atoms with E-state index in [0.717, 1.165) is 0 Å². The molecule has 0 aliphatic heterocycles. The van der Waals surface area contributed by atoms with E-state index < -0.39 is 31.0 Å². The first-order chi connectivity index (χ1) is 5.54. The Balaban J connectivity index is 3.99. The summed E-state index contributed by atoms with van der Waals surface area (Å²) in [6.07, 6.45) is -5.15. The maximum absolute atomic E-state index is 9.12. The second-order valence-corrected chi connectivity index (χ2v) is 2.71. The maximum Gasteiger partial charge on any atom is 0.110 e. The molecule has 0 saturated carbocycles. The summed E-state index contributed by atoms with van der Waals surface area (Å²) in [4.78, 5) is 0. The van der Waals surface area contributed by atoms with E-state index in [1.54, 1.807) is 6.92 Å². The molecule has 4 atom stereocenters. The Hall–Kier alpha value is -0.200. The highest BCUT2D eigenvalue weighted by Gasteiger charge is 2.28. The Kier molecular flexibility index (Phi) is 5.36. The van der Waals surface area contributed by atoms with Gasteiger partial charge in [0.15, 0.2) is 0 Å². The monoisotopic (exact) mass is 180 g/mol. The fourth-order valence-electron chi connectivity index (χ4n) is 0.805. The summed E-state index contributed by atoms with van der Waals surface area (Å²) in [5.74, 6) is 0. The van der Waals surface area contributed by atoms with Crippen molar-refractivity contribution in [3.8, 4) is 0 Å². The van der Waals surface area contributed by atoms with Crippen molar-refractivity contribution >= 4 is 0 Å². The second-order valence-electron chi connectivity index (χ2n) is 2.71. The van der Waals surface area contributed by atoms with Gasteiger partial charge in [-0.25, -0.2) is 0 Å².